The number of thiol groups is 1. The highest BCUT2D eigenvalue weighted by Crippen LogP contribution is 2.20. The molecule has 0 aliphatic carbocycles. The van der Waals surface area contributed by atoms with E-state index in [1.807, 2.05) is 0 Å². The maximum atomic E-state index is 11.6. The zero-order chi connectivity index (χ0) is 12.4. The van der Waals surface area contributed by atoms with Crippen molar-refractivity contribution in [2.24, 2.45) is 0 Å². The van der Waals surface area contributed by atoms with Crippen LogP contribution in [0.25, 0.3) is 0 Å². The van der Waals surface area contributed by atoms with Crippen molar-refractivity contribution in [2.45, 2.75) is 18.1 Å². The molecule has 1 unspecified atom stereocenters. The number of amides is 1. The largest absolute Gasteiger partial charge is 0.469 e. The minimum absolute atomic E-state index is 0.00468. The monoisotopic (exact) mass is 256 g/mol. The number of esters is 1. The number of rotatable bonds is 3. The lowest BCUT2D eigenvalue weighted by Gasteiger charge is -2.09. The molecule has 17 heavy (non-hydrogen) atoms. The normalized spacial score (nSPS) is 19.8. The van der Waals surface area contributed by atoms with E-state index in [0.29, 0.717) is 18.8 Å². The Balaban J connectivity index is 2.08. The van der Waals surface area contributed by atoms with E-state index >= 15 is 0 Å². The van der Waals surface area contributed by atoms with E-state index in [1.54, 1.807) is 0 Å². The average molecular weight is 256 g/mol. The van der Waals surface area contributed by atoms with Crippen LogP contribution in [0.15, 0.2) is 0 Å². The Kier molecular flexibility index (Phi) is 3.32. The highest BCUT2D eigenvalue weighted by atomic mass is 32.1. The Hall–Kier alpha value is -1.57. The van der Waals surface area contributed by atoms with Gasteiger partial charge in [0, 0.05) is 18.2 Å². The number of carbonyl (C=O) groups is 2. The van der Waals surface area contributed by atoms with Crippen LogP contribution in [-0.2, 0) is 20.7 Å². The molecule has 7 nitrogen and oxygen atoms in total. The molecule has 0 spiro atoms. The van der Waals surface area contributed by atoms with Crippen LogP contribution >= 0.6 is 12.6 Å². The summed E-state index contributed by atoms with van der Waals surface area (Å²) in [6, 6.07) is 0. The van der Waals surface area contributed by atoms with Crippen molar-refractivity contribution in [1.82, 2.24) is 15.2 Å². The highest BCUT2D eigenvalue weighted by molar-refractivity contribution is 7.81. The molecule has 2 rings (SSSR count). The molecule has 1 N–H and O–H groups in total. The van der Waals surface area contributed by atoms with Crippen LogP contribution in [0.3, 0.4) is 0 Å². The summed E-state index contributed by atoms with van der Waals surface area (Å²) >= 11 is 4.24. The fraction of sp³-hybridized carbons (Fsp3) is 0.556. The number of anilines is 1. The van der Waals surface area contributed by atoms with Gasteiger partial charge >= 0.3 is 5.97 Å². The van der Waals surface area contributed by atoms with Gasteiger partial charge < -0.3 is 4.74 Å². The number of nitrogens with one attached hydrogen (secondary N) is 1. The van der Waals surface area contributed by atoms with E-state index in [1.165, 1.54) is 12.0 Å². The smallest absolute Gasteiger partial charge is 0.313 e. The van der Waals surface area contributed by atoms with Gasteiger partial charge in [0.2, 0.25) is 5.91 Å². The van der Waals surface area contributed by atoms with Gasteiger partial charge in [-0.1, -0.05) is 0 Å². The highest BCUT2D eigenvalue weighted by Gasteiger charge is 2.30. The molecule has 8 heteroatoms. The Morgan fingerprint density at radius 3 is 3.06 bits per heavy atom. The number of aromatic amines is 1. The predicted octanol–water partition coefficient (Wildman–Crippen LogP) is -0.445. The lowest BCUT2D eigenvalue weighted by Crippen LogP contribution is -2.25. The summed E-state index contributed by atoms with van der Waals surface area (Å²) in [6.07, 6.45) is 0.389. The lowest BCUT2D eigenvalue weighted by atomic mass is 10.4. The van der Waals surface area contributed by atoms with E-state index in [9.17, 15) is 9.59 Å². The Labute approximate surface area is 103 Å². The first-order chi connectivity index (χ1) is 8.10. The minimum Gasteiger partial charge on any atom is -0.469 e. The van der Waals surface area contributed by atoms with Crippen LogP contribution in [0.4, 0.5) is 5.95 Å². The van der Waals surface area contributed by atoms with Crippen molar-refractivity contribution in [3.05, 3.63) is 5.82 Å². The summed E-state index contributed by atoms with van der Waals surface area (Å²) in [5.41, 5.74) is 0. The van der Waals surface area contributed by atoms with Gasteiger partial charge in [0.05, 0.1) is 7.11 Å². The molecule has 1 atom stereocenters. The zero-order valence-corrected chi connectivity index (χ0v) is 10.1. The summed E-state index contributed by atoms with van der Waals surface area (Å²) in [5, 5.41) is 6.50. The zero-order valence-electron chi connectivity index (χ0n) is 9.21. The minimum atomic E-state index is -0.410. The molecule has 0 aromatic carbocycles. The first-order valence-corrected chi connectivity index (χ1v) is 5.58. The average Bonchev–Trinajstić information content (AvgIpc) is 2.85. The predicted molar refractivity (Wildman–Crippen MR) is 61.8 cm³/mol. The lowest BCUT2D eigenvalue weighted by molar-refractivity contribution is -0.139. The fourth-order valence-corrected chi connectivity index (χ4v) is 1.90. The molecule has 1 fully saturated rings. The van der Waals surface area contributed by atoms with Gasteiger partial charge in [-0.25, -0.2) is 0 Å². The van der Waals surface area contributed by atoms with Crippen LogP contribution in [0, 0.1) is 0 Å². The molecule has 1 aliphatic rings. The number of methoxy groups -OCH3 is 1. The second kappa shape index (κ2) is 4.74. The summed E-state index contributed by atoms with van der Waals surface area (Å²) in [5.74, 6) is 0.189. The van der Waals surface area contributed by atoms with Gasteiger partial charge in [-0.05, 0) is 0 Å². The molecule has 0 saturated carbocycles. The first-order valence-electron chi connectivity index (χ1n) is 5.06. The van der Waals surface area contributed by atoms with Gasteiger partial charge in [-0.2, -0.15) is 17.6 Å². The molecule has 1 amide bonds. The third kappa shape index (κ3) is 2.57. The number of nitrogens with zero attached hydrogens (tertiary/aromatic N) is 3. The number of hydrogen-bond acceptors (Lipinski definition) is 6. The summed E-state index contributed by atoms with van der Waals surface area (Å²) in [4.78, 5) is 28.1. The number of H-pyrrole nitrogens is 1. The van der Waals surface area contributed by atoms with E-state index < -0.39 is 5.97 Å². The Bertz CT molecular complexity index is 447. The molecule has 0 bridgehead atoms. The van der Waals surface area contributed by atoms with Gasteiger partial charge in [-0.3, -0.25) is 19.6 Å². The third-order valence-corrected chi connectivity index (χ3v) is 2.75. The maximum absolute atomic E-state index is 11.6. The van der Waals surface area contributed by atoms with Crippen LogP contribution < -0.4 is 4.90 Å². The quantitative estimate of drug-likeness (QED) is 0.565. The van der Waals surface area contributed by atoms with Gasteiger partial charge in [-0.15, -0.1) is 5.10 Å². The molecule has 1 saturated heterocycles. The number of carbonyl (C=O) groups excluding carboxylic acids is 2. The van der Waals surface area contributed by atoms with Crippen LogP contribution in [0.1, 0.15) is 12.2 Å². The summed E-state index contributed by atoms with van der Waals surface area (Å²) < 4.78 is 4.51. The van der Waals surface area contributed by atoms with Gasteiger partial charge in [0.25, 0.3) is 5.95 Å². The molecule has 1 aromatic rings. The standard InChI is InChI=1S/C9H12N4O3S/c1-16-8(15)3-6-10-9(12-11-6)13-4-5(17)2-7(13)14/h5,17H,2-4H2,1H3,(H,10,11,12). The molecule has 0 radical (unpaired) electrons. The second-order valence-electron chi connectivity index (χ2n) is 3.70. The number of hydrogen-bond donors (Lipinski definition) is 2. The molecular formula is C9H12N4O3S. The van der Waals surface area contributed by atoms with E-state index in [4.69, 9.17) is 0 Å². The van der Waals surface area contributed by atoms with E-state index in [2.05, 4.69) is 32.5 Å². The maximum Gasteiger partial charge on any atom is 0.313 e. The van der Waals surface area contributed by atoms with Crippen molar-refractivity contribution >= 4 is 30.5 Å². The molecular weight excluding hydrogens is 244 g/mol. The van der Waals surface area contributed by atoms with Crippen molar-refractivity contribution < 1.29 is 14.3 Å². The van der Waals surface area contributed by atoms with Crippen molar-refractivity contribution in [3.8, 4) is 0 Å². The topological polar surface area (TPSA) is 88.2 Å². The fourth-order valence-electron chi connectivity index (χ4n) is 1.58. The molecule has 1 aliphatic heterocycles. The van der Waals surface area contributed by atoms with Crippen molar-refractivity contribution in [1.29, 1.82) is 0 Å². The Morgan fingerprint density at radius 1 is 1.71 bits per heavy atom. The second-order valence-corrected chi connectivity index (χ2v) is 4.43. The summed E-state index contributed by atoms with van der Waals surface area (Å²) in [6.45, 7) is 0.484. The van der Waals surface area contributed by atoms with Crippen molar-refractivity contribution in [3.63, 3.8) is 0 Å². The van der Waals surface area contributed by atoms with Crippen LogP contribution in [0.5, 0.6) is 0 Å². The van der Waals surface area contributed by atoms with Crippen LogP contribution in [-0.4, -0.2) is 46.0 Å². The SMILES string of the molecule is COC(=O)Cc1nc(N2CC(S)CC2=O)n[nH]1. The Morgan fingerprint density at radius 2 is 2.47 bits per heavy atom. The molecule has 1 aromatic heterocycles. The third-order valence-electron chi connectivity index (χ3n) is 2.41. The van der Waals surface area contributed by atoms with E-state index in [0.717, 1.165) is 0 Å². The summed E-state index contributed by atoms with van der Waals surface area (Å²) in [7, 11) is 1.30. The number of ether oxygens (including phenoxy) is 1. The molecule has 92 valence electrons. The number of aromatic nitrogens is 3. The van der Waals surface area contributed by atoms with E-state index in [-0.39, 0.29) is 23.5 Å². The van der Waals surface area contributed by atoms with Crippen LogP contribution in [0.2, 0.25) is 0 Å². The first kappa shape index (κ1) is 11.9. The van der Waals surface area contributed by atoms with Gasteiger partial charge in [0.15, 0.2) is 0 Å². The molecule has 2 heterocycles. The van der Waals surface area contributed by atoms with Gasteiger partial charge in [0.1, 0.15) is 12.2 Å². The van der Waals surface area contributed by atoms with Crippen molar-refractivity contribution in [2.75, 3.05) is 18.6 Å².